The maximum atomic E-state index is 11.9. The molecule has 7 heteroatoms. The largest absolute Gasteiger partial charge is 0.372 e. The summed E-state index contributed by atoms with van der Waals surface area (Å²) >= 11 is 0. The fourth-order valence-electron chi connectivity index (χ4n) is 1.90. The Labute approximate surface area is 121 Å². The summed E-state index contributed by atoms with van der Waals surface area (Å²) in [5.74, 6) is -0.323. The molecule has 21 heavy (non-hydrogen) atoms. The third-order valence-corrected chi connectivity index (χ3v) is 3.11. The Kier molecular flexibility index (Phi) is 4.13. The van der Waals surface area contributed by atoms with Crippen molar-refractivity contribution in [3.63, 3.8) is 0 Å². The highest BCUT2D eigenvalue weighted by atomic mass is 16.6. The molecule has 0 fully saturated rings. The molecule has 0 unspecified atom stereocenters. The van der Waals surface area contributed by atoms with Crippen molar-refractivity contribution in [2.45, 2.75) is 20.0 Å². The lowest BCUT2D eigenvalue weighted by Crippen LogP contribution is -2.26. The molecule has 0 saturated carbocycles. The van der Waals surface area contributed by atoms with Gasteiger partial charge in [-0.1, -0.05) is 0 Å². The number of carbonyl (C=O) groups excluding carboxylic acids is 1. The lowest BCUT2D eigenvalue weighted by molar-refractivity contribution is -0.384. The van der Waals surface area contributed by atoms with Gasteiger partial charge in [0.15, 0.2) is 0 Å². The summed E-state index contributed by atoms with van der Waals surface area (Å²) in [5.41, 5.74) is 1.72. The van der Waals surface area contributed by atoms with Crippen molar-refractivity contribution in [1.82, 2.24) is 4.98 Å². The molecule has 1 amide bonds. The Balaban J connectivity index is 2.52. The number of aromatic nitrogens is 1. The number of aryl methyl sites for hydroxylation is 1. The standard InChI is InChI=1S/C14H15N3O4/c1-8-6-13(16-14(18)9(2)21-3)11-7-10(17(19)20)4-5-12(11)15-8/h4-7,9H,1-3H3,(H,15,16,18)/t9-/m1/s1. The molecule has 0 aliphatic carbocycles. The molecule has 2 rings (SSSR count). The molecule has 0 bridgehead atoms. The van der Waals surface area contributed by atoms with E-state index in [0.29, 0.717) is 22.3 Å². The Morgan fingerprint density at radius 1 is 1.43 bits per heavy atom. The number of carbonyl (C=O) groups is 1. The number of rotatable bonds is 4. The van der Waals surface area contributed by atoms with Crippen molar-refractivity contribution in [2.75, 3.05) is 12.4 Å². The maximum absolute atomic E-state index is 11.9. The summed E-state index contributed by atoms with van der Waals surface area (Å²) in [6.45, 7) is 3.41. The van der Waals surface area contributed by atoms with Gasteiger partial charge in [-0.15, -0.1) is 0 Å². The van der Waals surface area contributed by atoms with E-state index in [1.54, 1.807) is 26.0 Å². The van der Waals surface area contributed by atoms with E-state index in [-0.39, 0.29) is 11.6 Å². The van der Waals surface area contributed by atoms with Crippen LogP contribution in [0.3, 0.4) is 0 Å². The Morgan fingerprint density at radius 2 is 2.14 bits per heavy atom. The minimum absolute atomic E-state index is 0.0524. The van der Waals surface area contributed by atoms with E-state index in [1.165, 1.54) is 19.2 Å². The van der Waals surface area contributed by atoms with E-state index in [0.717, 1.165) is 0 Å². The van der Waals surface area contributed by atoms with Gasteiger partial charge >= 0.3 is 0 Å². The van der Waals surface area contributed by atoms with Crippen LogP contribution in [0.25, 0.3) is 10.9 Å². The van der Waals surface area contributed by atoms with E-state index >= 15 is 0 Å². The molecule has 0 spiro atoms. The van der Waals surface area contributed by atoms with Gasteiger partial charge in [-0.3, -0.25) is 19.9 Å². The number of nitro groups is 1. The predicted octanol–water partition coefficient (Wildman–Crippen LogP) is 2.42. The zero-order chi connectivity index (χ0) is 15.6. The number of hydrogen-bond acceptors (Lipinski definition) is 5. The van der Waals surface area contributed by atoms with Gasteiger partial charge in [0.1, 0.15) is 6.10 Å². The SMILES string of the molecule is CO[C@H](C)C(=O)Nc1cc(C)nc2ccc([N+](=O)[O-])cc12. The monoisotopic (exact) mass is 289 g/mol. The molecule has 0 radical (unpaired) electrons. The molecule has 1 N–H and O–H groups in total. The van der Waals surface area contributed by atoms with Gasteiger partial charge < -0.3 is 10.1 Å². The van der Waals surface area contributed by atoms with E-state index in [1.807, 2.05) is 0 Å². The van der Waals surface area contributed by atoms with Gasteiger partial charge in [0.2, 0.25) is 0 Å². The molecule has 0 aliphatic rings. The number of hydrogen-bond donors (Lipinski definition) is 1. The molecular formula is C14H15N3O4. The summed E-state index contributed by atoms with van der Waals surface area (Å²) in [6.07, 6.45) is -0.618. The van der Waals surface area contributed by atoms with Gasteiger partial charge in [0, 0.05) is 30.3 Å². The predicted molar refractivity (Wildman–Crippen MR) is 78.2 cm³/mol. The number of benzene rings is 1. The number of amides is 1. The molecule has 2 aromatic rings. The fourth-order valence-corrected chi connectivity index (χ4v) is 1.90. The van der Waals surface area contributed by atoms with Crippen LogP contribution < -0.4 is 5.32 Å². The molecule has 7 nitrogen and oxygen atoms in total. The highest BCUT2D eigenvalue weighted by molar-refractivity contribution is 6.03. The van der Waals surface area contributed by atoms with Crippen LogP contribution in [0.2, 0.25) is 0 Å². The smallest absolute Gasteiger partial charge is 0.270 e. The van der Waals surface area contributed by atoms with Gasteiger partial charge in [-0.25, -0.2) is 0 Å². The topological polar surface area (TPSA) is 94.4 Å². The summed E-state index contributed by atoms with van der Waals surface area (Å²) < 4.78 is 4.95. The highest BCUT2D eigenvalue weighted by Gasteiger charge is 2.15. The molecule has 110 valence electrons. The van der Waals surface area contributed by atoms with E-state index in [4.69, 9.17) is 4.74 Å². The van der Waals surface area contributed by atoms with Crippen LogP contribution in [0.4, 0.5) is 11.4 Å². The number of pyridine rings is 1. The van der Waals surface area contributed by atoms with Gasteiger partial charge in [0.25, 0.3) is 11.6 Å². The van der Waals surface area contributed by atoms with E-state index in [9.17, 15) is 14.9 Å². The molecule has 0 aliphatic heterocycles. The van der Waals surface area contributed by atoms with Crippen LogP contribution in [0.15, 0.2) is 24.3 Å². The minimum atomic E-state index is -0.618. The summed E-state index contributed by atoms with van der Waals surface area (Å²) in [7, 11) is 1.44. The van der Waals surface area contributed by atoms with Crippen molar-refractivity contribution >= 4 is 28.2 Å². The van der Waals surface area contributed by atoms with Crippen LogP contribution in [-0.2, 0) is 9.53 Å². The Bertz CT molecular complexity index is 715. The van der Waals surface area contributed by atoms with Gasteiger partial charge in [-0.05, 0) is 26.0 Å². The first-order valence-corrected chi connectivity index (χ1v) is 6.32. The molecule has 0 saturated heterocycles. The second kappa shape index (κ2) is 5.84. The first-order valence-electron chi connectivity index (χ1n) is 6.32. The average molecular weight is 289 g/mol. The number of methoxy groups -OCH3 is 1. The third kappa shape index (κ3) is 3.14. The molecule has 1 atom stereocenters. The summed E-state index contributed by atoms with van der Waals surface area (Å²) in [6, 6.07) is 6.02. The molecule has 1 heterocycles. The van der Waals surface area contributed by atoms with Crippen LogP contribution in [-0.4, -0.2) is 29.0 Å². The van der Waals surface area contributed by atoms with Crippen molar-refractivity contribution in [1.29, 1.82) is 0 Å². The minimum Gasteiger partial charge on any atom is -0.372 e. The number of nitrogens with zero attached hydrogens (tertiary/aromatic N) is 2. The van der Waals surface area contributed by atoms with Crippen molar-refractivity contribution in [3.8, 4) is 0 Å². The second-order valence-electron chi connectivity index (χ2n) is 4.64. The van der Waals surface area contributed by atoms with Crippen molar-refractivity contribution in [2.24, 2.45) is 0 Å². The number of nitrogens with one attached hydrogen (secondary N) is 1. The Hall–Kier alpha value is -2.54. The maximum Gasteiger partial charge on any atom is 0.270 e. The third-order valence-electron chi connectivity index (χ3n) is 3.11. The number of non-ortho nitro benzene ring substituents is 1. The van der Waals surface area contributed by atoms with Crippen LogP contribution in [0, 0.1) is 17.0 Å². The molecular weight excluding hydrogens is 274 g/mol. The highest BCUT2D eigenvalue weighted by Crippen LogP contribution is 2.27. The second-order valence-corrected chi connectivity index (χ2v) is 4.64. The zero-order valence-corrected chi connectivity index (χ0v) is 11.9. The fraction of sp³-hybridized carbons (Fsp3) is 0.286. The first kappa shape index (κ1) is 14.9. The van der Waals surface area contributed by atoms with Crippen LogP contribution >= 0.6 is 0 Å². The van der Waals surface area contributed by atoms with E-state index in [2.05, 4.69) is 10.3 Å². The lowest BCUT2D eigenvalue weighted by Gasteiger charge is -2.13. The Morgan fingerprint density at radius 3 is 2.76 bits per heavy atom. The van der Waals surface area contributed by atoms with Crippen LogP contribution in [0.5, 0.6) is 0 Å². The summed E-state index contributed by atoms with van der Waals surface area (Å²) in [5, 5.41) is 14.1. The van der Waals surface area contributed by atoms with Crippen molar-refractivity contribution in [3.05, 3.63) is 40.1 Å². The van der Waals surface area contributed by atoms with Gasteiger partial charge in [-0.2, -0.15) is 0 Å². The number of anilines is 1. The summed E-state index contributed by atoms with van der Waals surface area (Å²) in [4.78, 5) is 26.6. The normalized spacial score (nSPS) is 12.1. The molecule has 1 aromatic carbocycles. The number of ether oxygens (including phenoxy) is 1. The van der Waals surface area contributed by atoms with Crippen LogP contribution in [0.1, 0.15) is 12.6 Å². The lowest BCUT2D eigenvalue weighted by atomic mass is 10.1. The zero-order valence-electron chi connectivity index (χ0n) is 11.9. The first-order chi connectivity index (χ1) is 9.92. The van der Waals surface area contributed by atoms with Crippen molar-refractivity contribution < 1.29 is 14.5 Å². The van der Waals surface area contributed by atoms with Gasteiger partial charge in [0.05, 0.1) is 16.1 Å². The average Bonchev–Trinajstić information content (AvgIpc) is 2.45. The number of nitro benzene ring substituents is 1. The quantitative estimate of drug-likeness (QED) is 0.689. The van der Waals surface area contributed by atoms with E-state index < -0.39 is 11.0 Å². The molecule has 1 aromatic heterocycles. The number of fused-ring (bicyclic) bond motifs is 1.